The van der Waals surface area contributed by atoms with Crippen molar-refractivity contribution >= 4 is 28.4 Å². The van der Waals surface area contributed by atoms with Gasteiger partial charge in [-0.3, -0.25) is 9.59 Å². The van der Waals surface area contributed by atoms with Gasteiger partial charge in [-0.25, -0.2) is 4.98 Å². The first-order valence-corrected chi connectivity index (χ1v) is 12.6. The first-order chi connectivity index (χ1) is 17.0. The predicted octanol–water partition coefficient (Wildman–Crippen LogP) is 3.88. The van der Waals surface area contributed by atoms with Crippen LogP contribution < -0.4 is 5.32 Å². The molecule has 184 valence electrons. The second kappa shape index (κ2) is 10.0. The smallest absolute Gasteiger partial charge is 0.227 e. The molecule has 0 unspecified atom stereocenters. The Morgan fingerprint density at radius 2 is 2.06 bits per heavy atom. The molecule has 9 heteroatoms. The van der Waals surface area contributed by atoms with E-state index in [4.69, 9.17) is 4.52 Å². The molecule has 5 rings (SSSR count). The predicted molar refractivity (Wildman–Crippen MR) is 131 cm³/mol. The van der Waals surface area contributed by atoms with E-state index in [0.717, 1.165) is 61.5 Å². The lowest BCUT2D eigenvalue weighted by Crippen LogP contribution is -2.45. The average molecular weight is 477 g/mol. The van der Waals surface area contributed by atoms with Crippen LogP contribution in [0.5, 0.6) is 0 Å². The maximum Gasteiger partial charge on any atom is 0.227 e. The second-order valence-corrected chi connectivity index (χ2v) is 9.61. The van der Waals surface area contributed by atoms with Crippen LogP contribution in [0.15, 0.2) is 35.1 Å². The number of aromatic nitrogens is 4. The molecule has 3 aromatic rings. The van der Waals surface area contributed by atoms with Crippen LogP contribution in [0.25, 0.3) is 16.6 Å². The molecule has 35 heavy (non-hydrogen) atoms. The fourth-order valence-corrected chi connectivity index (χ4v) is 5.36. The van der Waals surface area contributed by atoms with Crippen molar-refractivity contribution in [1.29, 1.82) is 0 Å². The van der Waals surface area contributed by atoms with Crippen LogP contribution in [0.4, 0.5) is 0 Å². The SMILES string of the molecule is CC(=O)NC1(c2noc(CCC(=O)N3CC=C(c4c[nH]c5ncccc45)CC3)n2)CCCCCC1. The number of aromatic amines is 1. The number of nitrogens with one attached hydrogen (secondary N) is 2. The minimum Gasteiger partial charge on any atom is -0.346 e. The highest BCUT2D eigenvalue weighted by atomic mass is 16.5. The number of aryl methyl sites for hydroxylation is 1. The van der Waals surface area contributed by atoms with Gasteiger partial charge in [0.05, 0.1) is 0 Å². The number of amides is 2. The third-order valence-electron chi connectivity index (χ3n) is 7.18. The molecule has 1 saturated carbocycles. The number of hydrogen-bond donors (Lipinski definition) is 2. The van der Waals surface area contributed by atoms with E-state index in [-0.39, 0.29) is 11.8 Å². The van der Waals surface area contributed by atoms with Gasteiger partial charge in [-0.15, -0.1) is 0 Å². The number of carbonyl (C=O) groups excluding carboxylic acids is 2. The quantitative estimate of drug-likeness (QED) is 0.522. The third-order valence-corrected chi connectivity index (χ3v) is 7.18. The fraction of sp³-hybridized carbons (Fsp3) is 0.500. The van der Waals surface area contributed by atoms with Crippen LogP contribution in [-0.4, -0.2) is 49.9 Å². The highest BCUT2D eigenvalue weighted by Gasteiger charge is 2.38. The Labute approximate surface area is 204 Å². The summed E-state index contributed by atoms with van der Waals surface area (Å²) >= 11 is 0. The van der Waals surface area contributed by atoms with Gasteiger partial charge in [0.25, 0.3) is 0 Å². The topological polar surface area (TPSA) is 117 Å². The normalized spacial score (nSPS) is 18.2. The van der Waals surface area contributed by atoms with Gasteiger partial charge < -0.3 is 19.7 Å². The van der Waals surface area contributed by atoms with Crippen molar-refractivity contribution in [1.82, 2.24) is 30.3 Å². The van der Waals surface area contributed by atoms with Gasteiger partial charge in [0.2, 0.25) is 17.7 Å². The largest absolute Gasteiger partial charge is 0.346 e. The molecule has 0 aromatic carbocycles. The molecule has 0 bridgehead atoms. The highest BCUT2D eigenvalue weighted by Crippen LogP contribution is 2.35. The molecule has 1 aliphatic heterocycles. The monoisotopic (exact) mass is 476 g/mol. The molecular weight excluding hydrogens is 444 g/mol. The summed E-state index contributed by atoms with van der Waals surface area (Å²) in [4.78, 5) is 38.8. The molecule has 1 aliphatic carbocycles. The zero-order valence-electron chi connectivity index (χ0n) is 20.2. The second-order valence-electron chi connectivity index (χ2n) is 9.61. The van der Waals surface area contributed by atoms with Crippen LogP contribution >= 0.6 is 0 Å². The molecule has 2 aliphatic rings. The van der Waals surface area contributed by atoms with Crippen molar-refractivity contribution in [3.8, 4) is 0 Å². The number of pyridine rings is 1. The van der Waals surface area contributed by atoms with Crippen molar-refractivity contribution in [3.05, 3.63) is 47.9 Å². The van der Waals surface area contributed by atoms with E-state index in [2.05, 4.69) is 37.6 Å². The van der Waals surface area contributed by atoms with Gasteiger partial charge in [-0.1, -0.05) is 36.9 Å². The summed E-state index contributed by atoms with van der Waals surface area (Å²) in [5.74, 6) is 0.971. The van der Waals surface area contributed by atoms with Crippen molar-refractivity contribution in [2.45, 2.75) is 70.3 Å². The number of carbonyl (C=O) groups is 2. The minimum atomic E-state index is -0.569. The molecular formula is C26H32N6O3. The van der Waals surface area contributed by atoms with Crippen LogP contribution in [0, 0.1) is 0 Å². The van der Waals surface area contributed by atoms with E-state index in [1.54, 1.807) is 6.20 Å². The lowest BCUT2D eigenvalue weighted by molar-refractivity contribution is -0.130. The molecule has 0 radical (unpaired) electrons. The van der Waals surface area contributed by atoms with Gasteiger partial charge in [-0.05, 0) is 37.0 Å². The number of fused-ring (bicyclic) bond motifs is 1. The maximum absolute atomic E-state index is 12.9. The van der Waals surface area contributed by atoms with Gasteiger partial charge in [0, 0.05) is 56.2 Å². The summed E-state index contributed by atoms with van der Waals surface area (Å²) in [5.41, 5.74) is 2.71. The van der Waals surface area contributed by atoms with Gasteiger partial charge in [0.1, 0.15) is 11.2 Å². The Bertz CT molecular complexity index is 1230. The molecule has 2 amide bonds. The fourth-order valence-electron chi connectivity index (χ4n) is 5.36. The van der Waals surface area contributed by atoms with Crippen molar-refractivity contribution < 1.29 is 14.1 Å². The van der Waals surface area contributed by atoms with Crippen LogP contribution in [0.1, 0.15) is 75.6 Å². The summed E-state index contributed by atoms with van der Waals surface area (Å²) in [6.45, 7) is 2.79. The number of H-pyrrole nitrogens is 1. The zero-order chi connectivity index (χ0) is 24.3. The van der Waals surface area contributed by atoms with E-state index in [1.807, 2.05) is 17.2 Å². The Morgan fingerprint density at radius 1 is 1.23 bits per heavy atom. The third kappa shape index (κ3) is 4.99. The number of rotatable bonds is 6. The molecule has 0 saturated heterocycles. The van der Waals surface area contributed by atoms with E-state index < -0.39 is 5.54 Å². The standard InChI is InChI=1S/C26H32N6O3/c1-18(33)30-26(12-4-2-3-5-13-26)25-29-22(35-31-25)8-9-23(34)32-15-10-19(11-16-32)21-17-28-24-20(21)7-6-14-27-24/h6-7,10,14,17H,2-5,8-9,11-13,15-16H2,1H3,(H,27,28)(H,30,33). The van der Waals surface area contributed by atoms with Gasteiger partial charge in [-0.2, -0.15) is 4.98 Å². The molecule has 4 heterocycles. The minimum absolute atomic E-state index is 0.0756. The van der Waals surface area contributed by atoms with E-state index in [9.17, 15) is 9.59 Å². The van der Waals surface area contributed by atoms with Crippen LogP contribution in [0.2, 0.25) is 0 Å². The summed E-state index contributed by atoms with van der Waals surface area (Å²) in [6, 6.07) is 4.01. The van der Waals surface area contributed by atoms with Gasteiger partial charge >= 0.3 is 0 Å². The summed E-state index contributed by atoms with van der Waals surface area (Å²) in [5, 5.41) is 8.42. The Kier molecular flexibility index (Phi) is 6.66. The zero-order valence-corrected chi connectivity index (χ0v) is 20.2. The Hall–Kier alpha value is -3.49. The highest BCUT2D eigenvalue weighted by molar-refractivity contribution is 5.91. The van der Waals surface area contributed by atoms with E-state index in [0.29, 0.717) is 37.6 Å². The first kappa shape index (κ1) is 23.3. The molecule has 0 atom stereocenters. The number of nitrogens with zero attached hydrogens (tertiary/aromatic N) is 4. The number of hydrogen-bond acceptors (Lipinski definition) is 6. The lowest BCUT2D eigenvalue weighted by atomic mass is 9.89. The van der Waals surface area contributed by atoms with Gasteiger partial charge in [0.15, 0.2) is 5.82 Å². The maximum atomic E-state index is 12.9. The average Bonchev–Trinajstić information content (AvgIpc) is 3.46. The summed E-state index contributed by atoms with van der Waals surface area (Å²) in [7, 11) is 0. The van der Waals surface area contributed by atoms with E-state index in [1.165, 1.54) is 12.5 Å². The Balaban J connectivity index is 1.20. The van der Waals surface area contributed by atoms with Crippen LogP contribution in [0.3, 0.4) is 0 Å². The van der Waals surface area contributed by atoms with Crippen molar-refractivity contribution in [2.24, 2.45) is 0 Å². The lowest BCUT2D eigenvalue weighted by Gasteiger charge is -2.30. The van der Waals surface area contributed by atoms with Crippen molar-refractivity contribution in [3.63, 3.8) is 0 Å². The Morgan fingerprint density at radius 3 is 2.80 bits per heavy atom. The van der Waals surface area contributed by atoms with Crippen molar-refractivity contribution in [2.75, 3.05) is 13.1 Å². The van der Waals surface area contributed by atoms with Crippen LogP contribution in [-0.2, 0) is 21.5 Å². The van der Waals surface area contributed by atoms with E-state index >= 15 is 0 Å². The molecule has 2 N–H and O–H groups in total. The molecule has 0 spiro atoms. The molecule has 1 fully saturated rings. The summed E-state index contributed by atoms with van der Waals surface area (Å²) in [6.07, 6.45) is 13.3. The summed E-state index contributed by atoms with van der Waals surface area (Å²) < 4.78 is 5.51. The molecule has 9 nitrogen and oxygen atoms in total. The molecule has 3 aromatic heterocycles. The first-order valence-electron chi connectivity index (χ1n) is 12.6.